The molecule has 1 N–H and O–H groups in total. The van der Waals surface area contributed by atoms with Gasteiger partial charge in [-0.25, -0.2) is 0 Å². The number of hydrogen-bond donors (Lipinski definition) is 1. The Morgan fingerprint density at radius 2 is 2.00 bits per heavy atom. The molecule has 0 saturated carbocycles. The number of amides is 1. The van der Waals surface area contributed by atoms with Crippen molar-refractivity contribution >= 4 is 5.91 Å². The van der Waals surface area contributed by atoms with E-state index in [0.717, 1.165) is 25.3 Å². The molecule has 0 aromatic heterocycles. The topological polar surface area (TPSA) is 41.6 Å². The molecule has 0 aliphatic carbocycles. The molecule has 1 aromatic carbocycles. The van der Waals surface area contributed by atoms with Gasteiger partial charge in [-0.2, -0.15) is 0 Å². The highest BCUT2D eigenvalue weighted by atomic mass is 16.5. The zero-order chi connectivity index (χ0) is 14.2. The first-order valence-electron chi connectivity index (χ1n) is 7.47. The molecule has 1 aromatic rings. The molecule has 1 unspecified atom stereocenters. The molecule has 4 heteroatoms. The van der Waals surface area contributed by atoms with Crippen LogP contribution in [0.2, 0.25) is 0 Å². The molecular formula is C16H24N2O2. The molecule has 1 amide bonds. The summed E-state index contributed by atoms with van der Waals surface area (Å²) in [5.41, 5.74) is 0. The molecule has 110 valence electrons. The van der Waals surface area contributed by atoms with E-state index in [1.54, 1.807) is 6.92 Å². The van der Waals surface area contributed by atoms with Crippen LogP contribution in [0.15, 0.2) is 30.3 Å². The summed E-state index contributed by atoms with van der Waals surface area (Å²) < 4.78 is 5.58. The largest absolute Gasteiger partial charge is 0.481 e. The summed E-state index contributed by atoms with van der Waals surface area (Å²) >= 11 is 0. The third-order valence-electron chi connectivity index (χ3n) is 3.57. The van der Waals surface area contributed by atoms with Crippen LogP contribution in [0.4, 0.5) is 0 Å². The Bertz CT molecular complexity index is 402. The predicted octanol–water partition coefficient (Wildman–Crippen LogP) is 2.06. The Morgan fingerprint density at radius 1 is 1.30 bits per heavy atom. The molecule has 0 spiro atoms. The minimum atomic E-state index is -0.454. The van der Waals surface area contributed by atoms with Crippen LogP contribution in [0.5, 0.6) is 5.75 Å². The van der Waals surface area contributed by atoms with Crippen molar-refractivity contribution in [3.8, 4) is 5.75 Å². The van der Waals surface area contributed by atoms with E-state index in [9.17, 15) is 4.79 Å². The van der Waals surface area contributed by atoms with Gasteiger partial charge in [0.15, 0.2) is 6.10 Å². The number of nitrogens with one attached hydrogen (secondary N) is 1. The molecule has 1 aliphatic heterocycles. The predicted molar refractivity (Wildman–Crippen MR) is 79.8 cm³/mol. The molecule has 2 rings (SSSR count). The highest BCUT2D eigenvalue weighted by molar-refractivity contribution is 5.80. The van der Waals surface area contributed by atoms with E-state index in [1.807, 2.05) is 30.3 Å². The first-order valence-corrected chi connectivity index (χ1v) is 7.47. The number of carbonyl (C=O) groups is 1. The van der Waals surface area contributed by atoms with E-state index >= 15 is 0 Å². The Hall–Kier alpha value is -1.55. The van der Waals surface area contributed by atoms with Crippen LogP contribution < -0.4 is 10.1 Å². The SMILES string of the molecule is CC(Oc1ccccc1)C(=O)NCCCN1CCCC1. The molecular weight excluding hydrogens is 252 g/mol. The monoisotopic (exact) mass is 276 g/mol. The molecule has 0 radical (unpaired) electrons. The van der Waals surface area contributed by atoms with E-state index in [2.05, 4.69) is 10.2 Å². The first-order chi connectivity index (χ1) is 9.75. The molecule has 20 heavy (non-hydrogen) atoms. The van der Waals surface area contributed by atoms with Crippen molar-refractivity contribution in [2.75, 3.05) is 26.2 Å². The summed E-state index contributed by atoms with van der Waals surface area (Å²) in [5, 5.41) is 2.94. The number of benzene rings is 1. The van der Waals surface area contributed by atoms with E-state index in [0.29, 0.717) is 0 Å². The van der Waals surface area contributed by atoms with Gasteiger partial charge >= 0.3 is 0 Å². The lowest BCUT2D eigenvalue weighted by Crippen LogP contribution is -2.37. The average Bonchev–Trinajstić information content (AvgIpc) is 2.97. The number of ether oxygens (including phenoxy) is 1. The van der Waals surface area contributed by atoms with Crippen molar-refractivity contribution in [3.63, 3.8) is 0 Å². The Balaban J connectivity index is 1.61. The van der Waals surface area contributed by atoms with Gasteiger partial charge in [-0.1, -0.05) is 18.2 Å². The number of nitrogens with zero attached hydrogens (tertiary/aromatic N) is 1. The molecule has 1 heterocycles. The zero-order valence-electron chi connectivity index (χ0n) is 12.2. The van der Waals surface area contributed by atoms with Crippen LogP contribution in [0, 0.1) is 0 Å². The summed E-state index contributed by atoms with van der Waals surface area (Å²) in [5.74, 6) is 0.683. The van der Waals surface area contributed by atoms with Gasteiger partial charge in [0, 0.05) is 6.54 Å². The van der Waals surface area contributed by atoms with Crippen LogP contribution in [-0.2, 0) is 4.79 Å². The number of rotatable bonds is 7. The van der Waals surface area contributed by atoms with Crippen molar-refractivity contribution in [1.29, 1.82) is 0 Å². The second-order valence-corrected chi connectivity index (χ2v) is 5.27. The second kappa shape index (κ2) is 7.90. The quantitative estimate of drug-likeness (QED) is 0.775. The normalized spacial score (nSPS) is 16.9. The maximum Gasteiger partial charge on any atom is 0.260 e. The van der Waals surface area contributed by atoms with Gasteiger partial charge < -0.3 is 15.0 Å². The van der Waals surface area contributed by atoms with Crippen LogP contribution in [0.3, 0.4) is 0 Å². The molecule has 1 fully saturated rings. The van der Waals surface area contributed by atoms with Crippen LogP contribution in [0.25, 0.3) is 0 Å². The van der Waals surface area contributed by atoms with Crippen molar-refractivity contribution in [2.24, 2.45) is 0 Å². The van der Waals surface area contributed by atoms with E-state index in [-0.39, 0.29) is 5.91 Å². The summed E-state index contributed by atoms with van der Waals surface area (Å²) in [7, 11) is 0. The Kier molecular flexibility index (Phi) is 5.87. The van der Waals surface area contributed by atoms with Crippen LogP contribution in [-0.4, -0.2) is 43.1 Å². The fourth-order valence-electron chi connectivity index (χ4n) is 2.42. The van der Waals surface area contributed by atoms with Crippen molar-refractivity contribution < 1.29 is 9.53 Å². The molecule has 1 saturated heterocycles. The Labute approximate surface area is 121 Å². The number of para-hydroxylation sites is 1. The minimum absolute atomic E-state index is 0.0460. The number of likely N-dealkylation sites (tertiary alicyclic amines) is 1. The lowest BCUT2D eigenvalue weighted by atomic mass is 10.3. The molecule has 4 nitrogen and oxygen atoms in total. The first kappa shape index (κ1) is 14.9. The summed E-state index contributed by atoms with van der Waals surface area (Å²) in [6.07, 6.45) is 3.18. The van der Waals surface area contributed by atoms with E-state index in [4.69, 9.17) is 4.74 Å². The van der Waals surface area contributed by atoms with Gasteiger partial charge in [0.25, 0.3) is 5.91 Å². The molecule has 0 bridgehead atoms. The molecule has 1 aliphatic rings. The van der Waals surface area contributed by atoms with Gasteiger partial charge in [0.05, 0.1) is 0 Å². The second-order valence-electron chi connectivity index (χ2n) is 5.27. The standard InChI is InChI=1S/C16H24N2O2/c1-14(20-15-8-3-2-4-9-15)16(19)17-10-7-13-18-11-5-6-12-18/h2-4,8-9,14H,5-7,10-13H2,1H3,(H,17,19). The maximum atomic E-state index is 11.9. The summed E-state index contributed by atoms with van der Waals surface area (Å²) in [6.45, 7) is 6.00. The number of hydrogen-bond acceptors (Lipinski definition) is 3. The Morgan fingerprint density at radius 3 is 2.70 bits per heavy atom. The number of carbonyl (C=O) groups excluding carboxylic acids is 1. The van der Waals surface area contributed by atoms with Gasteiger partial charge in [-0.15, -0.1) is 0 Å². The lowest BCUT2D eigenvalue weighted by Gasteiger charge is -2.16. The summed E-state index contributed by atoms with van der Waals surface area (Å²) in [6, 6.07) is 9.44. The van der Waals surface area contributed by atoms with Crippen LogP contribution in [0.1, 0.15) is 26.2 Å². The van der Waals surface area contributed by atoms with Gasteiger partial charge in [-0.05, 0) is 58.0 Å². The van der Waals surface area contributed by atoms with Crippen molar-refractivity contribution in [1.82, 2.24) is 10.2 Å². The zero-order valence-corrected chi connectivity index (χ0v) is 12.2. The highest BCUT2D eigenvalue weighted by Crippen LogP contribution is 2.10. The van der Waals surface area contributed by atoms with E-state index < -0.39 is 6.10 Å². The highest BCUT2D eigenvalue weighted by Gasteiger charge is 2.14. The van der Waals surface area contributed by atoms with Gasteiger partial charge in [0.2, 0.25) is 0 Å². The molecule has 1 atom stereocenters. The third kappa shape index (κ3) is 4.85. The lowest BCUT2D eigenvalue weighted by molar-refractivity contribution is -0.127. The van der Waals surface area contributed by atoms with Gasteiger partial charge in [-0.3, -0.25) is 4.79 Å². The smallest absolute Gasteiger partial charge is 0.260 e. The maximum absolute atomic E-state index is 11.9. The van der Waals surface area contributed by atoms with Crippen molar-refractivity contribution in [2.45, 2.75) is 32.3 Å². The minimum Gasteiger partial charge on any atom is -0.481 e. The average molecular weight is 276 g/mol. The summed E-state index contributed by atoms with van der Waals surface area (Å²) in [4.78, 5) is 14.3. The fraction of sp³-hybridized carbons (Fsp3) is 0.562. The van der Waals surface area contributed by atoms with E-state index in [1.165, 1.54) is 25.9 Å². The third-order valence-corrected chi connectivity index (χ3v) is 3.57. The fourth-order valence-corrected chi connectivity index (χ4v) is 2.42. The van der Waals surface area contributed by atoms with Gasteiger partial charge in [0.1, 0.15) is 5.75 Å². The van der Waals surface area contributed by atoms with Crippen LogP contribution >= 0.6 is 0 Å². The van der Waals surface area contributed by atoms with Crippen molar-refractivity contribution in [3.05, 3.63) is 30.3 Å².